The van der Waals surface area contributed by atoms with Gasteiger partial charge in [-0.15, -0.1) is 0 Å². The maximum atomic E-state index is 13.4. The molecule has 1 unspecified atom stereocenters. The average Bonchev–Trinajstić information content (AvgIpc) is 3.84. The lowest BCUT2D eigenvalue weighted by Gasteiger charge is -2.25. The Balaban J connectivity index is 1.28. The van der Waals surface area contributed by atoms with Gasteiger partial charge in [0.2, 0.25) is 13.1 Å². The van der Waals surface area contributed by atoms with E-state index in [0.29, 0.717) is 56.2 Å². The molecule has 4 aromatic carbocycles. The predicted molar refractivity (Wildman–Crippen MR) is 153 cm³/mol. The monoisotopic (exact) mass is 600 g/mol. The van der Waals surface area contributed by atoms with Gasteiger partial charge in [0, 0.05) is 22.1 Å². The second-order valence-electron chi connectivity index (χ2n) is 10.9. The topological polar surface area (TPSA) is 120 Å². The van der Waals surface area contributed by atoms with E-state index in [1.54, 1.807) is 26.4 Å². The summed E-state index contributed by atoms with van der Waals surface area (Å²) in [6.07, 6.45) is -2.45. The molecule has 0 aromatic heterocycles. The minimum absolute atomic E-state index is 0.0160. The van der Waals surface area contributed by atoms with Crippen molar-refractivity contribution in [3.05, 3.63) is 77.4 Å². The molecule has 0 spiro atoms. The fourth-order valence-electron chi connectivity index (χ4n) is 6.34. The Bertz CT molecular complexity index is 1790. The summed E-state index contributed by atoms with van der Waals surface area (Å²) in [5.74, 6) is 2.01. The lowest BCUT2D eigenvalue weighted by atomic mass is 9.89. The molecule has 4 aliphatic heterocycles. The molecule has 0 radical (unpaired) electrons. The summed E-state index contributed by atoms with van der Waals surface area (Å²) in [5, 5.41) is 11.7. The van der Waals surface area contributed by atoms with Gasteiger partial charge in [0.25, 0.3) is 0 Å². The van der Waals surface area contributed by atoms with Gasteiger partial charge in [-0.1, -0.05) is 36.4 Å². The highest BCUT2D eigenvalue weighted by atomic mass is 16.8. The Morgan fingerprint density at radius 3 is 2.45 bits per heavy atom. The third-order valence-electron chi connectivity index (χ3n) is 8.52. The molecule has 226 valence electrons. The molecule has 2 fully saturated rings. The van der Waals surface area contributed by atoms with Crippen LogP contribution in [0.1, 0.15) is 27.8 Å². The van der Waals surface area contributed by atoms with E-state index >= 15 is 0 Å². The number of fused-ring (bicyclic) bond motifs is 4. The number of esters is 1. The van der Waals surface area contributed by atoms with Gasteiger partial charge in [-0.2, -0.15) is 0 Å². The predicted octanol–water partition coefficient (Wildman–Crippen LogP) is 4.50. The molecule has 2 saturated heterocycles. The SMILES string of the molecule is COc1cc2c(O[C@H]3OC[C@@]4(CO)OC(c5ccccc5)O[C@@H]34)c3c(c(-c4ccc5c(c4)OCO5)c2cc1OC)C(=O)OC3. The van der Waals surface area contributed by atoms with Crippen LogP contribution in [0.3, 0.4) is 0 Å². The quantitative estimate of drug-likeness (QED) is 0.302. The van der Waals surface area contributed by atoms with Crippen LogP contribution in [0, 0.1) is 0 Å². The van der Waals surface area contributed by atoms with Crippen molar-refractivity contribution < 1.29 is 52.5 Å². The minimum atomic E-state index is -1.14. The number of hydrogen-bond acceptors (Lipinski definition) is 11. The highest BCUT2D eigenvalue weighted by Gasteiger charge is 2.60. The Labute approximate surface area is 251 Å². The van der Waals surface area contributed by atoms with Crippen LogP contribution in [-0.4, -0.2) is 63.3 Å². The van der Waals surface area contributed by atoms with Crippen LogP contribution in [0.2, 0.25) is 0 Å². The fraction of sp³-hybridized carbons (Fsp3) is 0.303. The van der Waals surface area contributed by atoms with Crippen LogP contribution < -0.4 is 23.7 Å². The Kier molecular flexibility index (Phi) is 6.31. The number of benzene rings is 4. The zero-order chi connectivity index (χ0) is 30.0. The van der Waals surface area contributed by atoms with Crippen molar-refractivity contribution in [3.8, 4) is 39.9 Å². The van der Waals surface area contributed by atoms with Crippen molar-refractivity contribution in [2.75, 3.05) is 34.2 Å². The second-order valence-corrected chi connectivity index (χ2v) is 10.9. The van der Waals surface area contributed by atoms with Crippen molar-refractivity contribution in [2.45, 2.75) is 30.9 Å². The third-order valence-corrected chi connectivity index (χ3v) is 8.52. The molecule has 11 heteroatoms. The summed E-state index contributed by atoms with van der Waals surface area (Å²) >= 11 is 0. The van der Waals surface area contributed by atoms with E-state index in [1.165, 1.54) is 0 Å². The number of carbonyl (C=O) groups excluding carboxylic acids is 1. The van der Waals surface area contributed by atoms with Gasteiger partial charge in [-0.25, -0.2) is 4.79 Å². The summed E-state index contributed by atoms with van der Waals surface area (Å²) in [6.45, 7) is -0.191. The fourth-order valence-corrected chi connectivity index (χ4v) is 6.34. The summed E-state index contributed by atoms with van der Waals surface area (Å²) in [5.41, 5.74) is 1.93. The Morgan fingerprint density at radius 2 is 1.68 bits per heavy atom. The maximum absolute atomic E-state index is 13.4. The first-order valence-corrected chi connectivity index (χ1v) is 14.1. The average molecular weight is 601 g/mol. The molecular formula is C33H28O11. The van der Waals surface area contributed by atoms with E-state index in [9.17, 15) is 9.90 Å². The smallest absolute Gasteiger partial charge is 0.339 e. The van der Waals surface area contributed by atoms with E-state index in [1.807, 2.05) is 48.5 Å². The highest BCUT2D eigenvalue weighted by molar-refractivity contribution is 6.14. The van der Waals surface area contributed by atoms with Crippen molar-refractivity contribution in [3.63, 3.8) is 0 Å². The lowest BCUT2D eigenvalue weighted by molar-refractivity contribution is -0.166. The maximum Gasteiger partial charge on any atom is 0.339 e. The molecule has 1 N–H and O–H groups in total. The van der Waals surface area contributed by atoms with Gasteiger partial charge in [-0.05, 0) is 35.2 Å². The molecular weight excluding hydrogens is 572 g/mol. The molecule has 0 amide bonds. The van der Waals surface area contributed by atoms with E-state index in [-0.39, 0.29) is 26.6 Å². The molecule has 44 heavy (non-hydrogen) atoms. The van der Waals surface area contributed by atoms with Crippen molar-refractivity contribution in [1.82, 2.24) is 0 Å². The largest absolute Gasteiger partial charge is 0.493 e. The standard InChI is InChI=1S/C33H28O11/c1-36-23-11-19-20(12-24(23)37-2)28(21-13-38-30(35)27(21)26(19)18-8-9-22-25(10-18)41-16-40-22)42-32-29-33(14-34,15-39-32)44-31(43-29)17-6-4-3-5-7-17/h3-12,29,31-32,34H,13-16H2,1-2H3/t29-,31?,32+,33+/m0/s1. The number of cyclic esters (lactones) is 1. The molecule has 4 atom stereocenters. The van der Waals surface area contributed by atoms with Crippen LogP contribution in [0.5, 0.6) is 28.7 Å². The number of aliphatic hydroxyl groups is 1. The first kappa shape index (κ1) is 27.0. The van der Waals surface area contributed by atoms with Gasteiger partial charge in [0.1, 0.15) is 12.4 Å². The molecule has 11 nitrogen and oxygen atoms in total. The normalized spacial score (nSPS) is 24.7. The molecule has 4 heterocycles. The van der Waals surface area contributed by atoms with E-state index in [4.69, 9.17) is 42.6 Å². The molecule has 0 aliphatic carbocycles. The first-order chi connectivity index (χ1) is 21.5. The zero-order valence-electron chi connectivity index (χ0n) is 23.9. The van der Waals surface area contributed by atoms with Gasteiger partial charge >= 0.3 is 5.97 Å². The van der Waals surface area contributed by atoms with Crippen molar-refractivity contribution in [2.24, 2.45) is 0 Å². The molecule has 0 saturated carbocycles. The number of methoxy groups -OCH3 is 2. The summed E-state index contributed by atoms with van der Waals surface area (Å²) in [4.78, 5) is 13.4. The van der Waals surface area contributed by atoms with E-state index in [0.717, 1.165) is 11.1 Å². The zero-order valence-corrected chi connectivity index (χ0v) is 23.9. The molecule has 4 aliphatic rings. The first-order valence-electron chi connectivity index (χ1n) is 14.1. The van der Waals surface area contributed by atoms with E-state index < -0.39 is 30.3 Å². The van der Waals surface area contributed by atoms with Crippen LogP contribution >= 0.6 is 0 Å². The summed E-state index contributed by atoms with van der Waals surface area (Å²) < 4.78 is 53.3. The van der Waals surface area contributed by atoms with Crippen LogP contribution in [0.15, 0.2) is 60.7 Å². The second kappa shape index (κ2) is 10.3. The van der Waals surface area contributed by atoms with Crippen LogP contribution in [0.25, 0.3) is 21.9 Å². The number of ether oxygens (including phenoxy) is 9. The number of carbonyl (C=O) groups is 1. The van der Waals surface area contributed by atoms with Crippen molar-refractivity contribution >= 4 is 16.7 Å². The molecule has 4 aromatic rings. The van der Waals surface area contributed by atoms with Crippen LogP contribution in [0.4, 0.5) is 0 Å². The van der Waals surface area contributed by atoms with E-state index in [2.05, 4.69) is 0 Å². The van der Waals surface area contributed by atoms with Gasteiger partial charge in [0.15, 0.2) is 41.0 Å². The summed E-state index contributed by atoms with van der Waals surface area (Å²) in [7, 11) is 3.09. The lowest BCUT2D eigenvalue weighted by Crippen LogP contribution is -2.45. The Morgan fingerprint density at radius 1 is 0.909 bits per heavy atom. The summed E-state index contributed by atoms with van der Waals surface area (Å²) in [6, 6.07) is 18.6. The third kappa shape index (κ3) is 4.01. The van der Waals surface area contributed by atoms with Crippen molar-refractivity contribution in [1.29, 1.82) is 0 Å². The molecule has 8 rings (SSSR count). The molecule has 0 bridgehead atoms. The van der Waals surface area contributed by atoms with Gasteiger partial charge in [-0.3, -0.25) is 0 Å². The number of hydrogen-bond donors (Lipinski definition) is 1. The Hall–Kier alpha value is -4.55. The minimum Gasteiger partial charge on any atom is -0.493 e. The number of aliphatic hydroxyl groups excluding tert-OH is 1. The van der Waals surface area contributed by atoms with Gasteiger partial charge < -0.3 is 47.7 Å². The van der Waals surface area contributed by atoms with Gasteiger partial charge in [0.05, 0.1) is 33.0 Å². The number of rotatable bonds is 7. The highest BCUT2D eigenvalue weighted by Crippen LogP contribution is 2.51. The van der Waals surface area contributed by atoms with Crippen LogP contribution in [-0.2, 0) is 25.6 Å².